The van der Waals surface area contributed by atoms with E-state index in [0.717, 1.165) is 36.7 Å². The van der Waals surface area contributed by atoms with Gasteiger partial charge in [-0.25, -0.2) is 9.78 Å². The number of carboxylic acids is 1. The Morgan fingerprint density at radius 1 is 1.29 bits per heavy atom. The van der Waals surface area contributed by atoms with Crippen LogP contribution in [0.3, 0.4) is 0 Å². The lowest BCUT2D eigenvalue weighted by Crippen LogP contribution is -2.14. The average molecular weight is 287 g/mol. The molecule has 0 amide bonds. The number of benzene rings is 1. The fourth-order valence-corrected chi connectivity index (χ4v) is 2.20. The lowest BCUT2D eigenvalue weighted by atomic mass is 10.1. The third-order valence-corrected chi connectivity index (χ3v) is 3.28. The number of pyridine rings is 1. The summed E-state index contributed by atoms with van der Waals surface area (Å²) in [5.74, 6) is -0.355. The van der Waals surface area contributed by atoms with E-state index < -0.39 is 5.97 Å². The van der Waals surface area contributed by atoms with E-state index in [1.54, 1.807) is 6.07 Å². The van der Waals surface area contributed by atoms with Crippen LogP contribution in [0.2, 0.25) is 0 Å². The number of anilines is 1. The number of carbonyl (C=O) groups is 1. The Kier molecular flexibility index (Phi) is 5.11. The van der Waals surface area contributed by atoms with E-state index >= 15 is 0 Å². The number of aromatic nitrogens is 1. The normalized spacial score (nSPS) is 11.0. The van der Waals surface area contributed by atoms with E-state index in [4.69, 9.17) is 5.11 Å². The predicted octanol–water partition coefficient (Wildman–Crippen LogP) is 2.69. The van der Waals surface area contributed by atoms with Crippen molar-refractivity contribution >= 4 is 22.6 Å². The Morgan fingerprint density at radius 2 is 2.05 bits per heavy atom. The molecule has 2 rings (SSSR count). The number of rotatable bonds is 7. The molecule has 0 bridgehead atoms. The molecule has 2 aromatic rings. The minimum Gasteiger partial charge on any atom is -0.477 e. The van der Waals surface area contributed by atoms with Gasteiger partial charge in [-0.05, 0) is 44.9 Å². The highest BCUT2D eigenvalue weighted by molar-refractivity contribution is 5.97. The summed E-state index contributed by atoms with van der Waals surface area (Å²) in [7, 11) is 4.11. The molecule has 1 aromatic carbocycles. The largest absolute Gasteiger partial charge is 0.477 e. The molecular weight excluding hydrogens is 266 g/mol. The summed E-state index contributed by atoms with van der Waals surface area (Å²) in [5.41, 5.74) is 0.0736. The fraction of sp³-hybridized carbons (Fsp3) is 0.375. The summed E-state index contributed by atoms with van der Waals surface area (Å²) in [5, 5.41) is 14.3. The van der Waals surface area contributed by atoms with Gasteiger partial charge in [-0.2, -0.15) is 0 Å². The summed E-state index contributed by atoms with van der Waals surface area (Å²) >= 11 is 0. The molecule has 5 nitrogen and oxygen atoms in total. The monoisotopic (exact) mass is 287 g/mol. The topological polar surface area (TPSA) is 65.5 Å². The van der Waals surface area contributed by atoms with Crippen LogP contribution in [0.25, 0.3) is 10.8 Å². The molecule has 0 atom stereocenters. The quantitative estimate of drug-likeness (QED) is 0.766. The molecule has 112 valence electrons. The molecular formula is C16H21N3O2. The molecule has 21 heavy (non-hydrogen) atoms. The molecule has 0 saturated carbocycles. The Balaban J connectivity index is 2.12. The van der Waals surface area contributed by atoms with Crippen molar-refractivity contribution in [3.05, 3.63) is 36.0 Å². The Bertz CT molecular complexity index is 626. The number of hydrogen-bond donors (Lipinski definition) is 2. The van der Waals surface area contributed by atoms with Crippen molar-refractivity contribution in [2.45, 2.75) is 12.8 Å². The van der Waals surface area contributed by atoms with E-state index in [1.165, 1.54) is 0 Å². The molecule has 2 N–H and O–H groups in total. The van der Waals surface area contributed by atoms with Crippen LogP contribution in [0, 0.1) is 0 Å². The molecule has 0 spiro atoms. The van der Waals surface area contributed by atoms with E-state index in [9.17, 15) is 4.79 Å². The van der Waals surface area contributed by atoms with Crippen molar-refractivity contribution in [1.82, 2.24) is 9.88 Å². The molecule has 1 aromatic heterocycles. The Hall–Kier alpha value is -2.14. The second-order valence-electron chi connectivity index (χ2n) is 5.32. The van der Waals surface area contributed by atoms with Gasteiger partial charge < -0.3 is 15.3 Å². The summed E-state index contributed by atoms with van der Waals surface area (Å²) in [6, 6.07) is 9.29. The number of nitrogens with one attached hydrogen (secondary N) is 1. The lowest BCUT2D eigenvalue weighted by molar-refractivity contribution is 0.0691. The number of hydrogen-bond acceptors (Lipinski definition) is 4. The van der Waals surface area contributed by atoms with Gasteiger partial charge in [0.05, 0.1) is 0 Å². The molecule has 0 aliphatic rings. The van der Waals surface area contributed by atoms with Crippen molar-refractivity contribution in [3.8, 4) is 0 Å². The molecule has 0 aliphatic heterocycles. The first-order valence-electron chi connectivity index (χ1n) is 7.09. The van der Waals surface area contributed by atoms with Gasteiger partial charge >= 0.3 is 5.97 Å². The van der Waals surface area contributed by atoms with E-state index in [-0.39, 0.29) is 5.69 Å². The second kappa shape index (κ2) is 7.04. The zero-order valence-corrected chi connectivity index (χ0v) is 12.5. The van der Waals surface area contributed by atoms with Crippen molar-refractivity contribution in [2.24, 2.45) is 0 Å². The van der Waals surface area contributed by atoms with Gasteiger partial charge in [-0.15, -0.1) is 0 Å². The van der Waals surface area contributed by atoms with Crippen LogP contribution in [0.15, 0.2) is 30.3 Å². The van der Waals surface area contributed by atoms with Gasteiger partial charge in [0.2, 0.25) is 0 Å². The molecule has 0 aliphatic carbocycles. The standard InChI is InChI=1S/C16H21N3O2/c1-19(2)10-6-5-9-17-15-13-8-4-3-7-12(13)11-14(18-15)16(20)21/h3-4,7-8,11H,5-6,9-10H2,1-2H3,(H,17,18)(H,20,21). The maximum atomic E-state index is 11.2. The molecule has 5 heteroatoms. The first kappa shape index (κ1) is 15.3. The number of fused-ring (bicyclic) bond motifs is 1. The SMILES string of the molecule is CN(C)CCCCNc1nc(C(=O)O)cc2ccccc12. The maximum absolute atomic E-state index is 11.2. The smallest absolute Gasteiger partial charge is 0.354 e. The summed E-state index contributed by atoms with van der Waals surface area (Å²) < 4.78 is 0. The van der Waals surface area contributed by atoms with Gasteiger partial charge in [-0.1, -0.05) is 24.3 Å². The van der Waals surface area contributed by atoms with Crippen LogP contribution in [0.5, 0.6) is 0 Å². The van der Waals surface area contributed by atoms with Gasteiger partial charge in [0.15, 0.2) is 5.69 Å². The van der Waals surface area contributed by atoms with Gasteiger partial charge in [0.1, 0.15) is 5.82 Å². The third kappa shape index (κ3) is 4.16. The number of nitrogens with zero attached hydrogens (tertiary/aromatic N) is 2. The number of carboxylic acid groups (broad SMARTS) is 1. The Labute approximate surface area is 124 Å². The zero-order valence-electron chi connectivity index (χ0n) is 12.5. The summed E-state index contributed by atoms with van der Waals surface area (Å²) in [6.45, 7) is 1.83. The van der Waals surface area contributed by atoms with Crippen LogP contribution in [0.4, 0.5) is 5.82 Å². The highest BCUT2D eigenvalue weighted by atomic mass is 16.4. The van der Waals surface area contributed by atoms with Gasteiger partial charge in [-0.3, -0.25) is 0 Å². The van der Waals surface area contributed by atoms with E-state index in [1.807, 2.05) is 24.3 Å². The summed E-state index contributed by atoms with van der Waals surface area (Å²) in [6.07, 6.45) is 2.11. The zero-order chi connectivity index (χ0) is 15.2. The average Bonchev–Trinajstić information content (AvgIpc) is 2.46. The van der Waals surface area contributed by atoms with Crippen LogP contribution < -0.4 is 5.32 Å². The third-order valence-electron chi connectivity index (χ3n) is 3.28. The molecule has 0 fully saturated rings. The Morgan fingerprint density at radius 3 is 2.76 bits per heavy atom. The summed E-state index contributed by atoms with van der Waals surface area (Å²) in [4.78, 5) is 17.5. The van der Waals surface area contributed by atoms with Crippen molar-refractivity contribution < 1.29 is 9.90 Å². The van der Waals surface area contributed by atoms with Crippen molar-refractivity contribution in [3.63, 3.8) is 0 Å². The van der Waals surface area contributed by atoms with E-state index in [0.29, 0.717) is 5.82 Å². The molecule has 1 heterocycles. The van der Waals surface area contributed by atoms with Crippen molar-refractivity contribution in [1.29, 1.82) is 0 Å². The van der Waals surface area contributed by atoms with Crippen LogP contribution >= 0.6 is 0 Å². The lowest BCUT2D eigenvalue weighted by Gasteiger charge is -2.11. The van der Waals surface area contributed by atoms with Crippen LogP contribution in [-0.2, 0) is 0 Å². The molecule has 0 unspecified atom stereocenters. The highest BCUT2D eigenvalue weighted by Crippen LogP contribution is 2.22. The first-order valence-corrected chi connectivity index (χ1v) is 7.09. The molecule has 0 saturated heterocycles. The number of unbranched alkanes of at least 4 members (excludes halogenated alkanes) is 1. The van der Waals surface area contributed by atoms with E-state index in [2.05, 4.69) is 29.3 Å². The second-order valence-corrected chi connectivity index (χ2v) is 5.32. The highest BCUT2D eigenvalue weighted by Gasteiger charge is 2.10. The van der Waals surface area contributed by atoms with Crippen LogP contribution in [-0.4, -0.2) is 48.1 Å². The maximum Gasteiger partial charge on any atom is 0.354 e. The first-order chi connectivity index (χ1) is 10.1. The van der Waals surface area contributed by atoms with Gasteiger partial charge in [0, 0.05) is 11.9 Å². The molecule has 0 radical (unpaired) electrons. The number of aromatic carboxylic acids is 1. The van der Waals surface area contributed by atoms with Gasteiger partial charge in [0.25, 0.3) is 0 Å². The predicted molar refractivity (Wildman–Crippen MR) is 85.0 cm³/mol. The van der Waals surface area contributed by atoms with Crippen molar-refractivity contribution in [2.75, 3.05) is 32.5 Å². The fourth-order valence-electron chi connectivity index (χ4n) is 2.20. The minimum atomic E-state index is -1.00. The minimum absolute atomic E-state index is 0.0736. The van der Waals surface area contributed by atoms with Crippen LogP contribution in [0.1, 0.15) is 23.3 Å².